The Balaban J connectivity index is 2.96. The van der Waals surface area contributed by atoms with E-state index in [-0.39, 0.29) is 0 Å². The molecule has 0 aliphatic carbocycles. The lowest BCUT2D eigenvalue weighted by atomic mass is 10.4. The predicted molar refractivity (Wildman–Crippen MR) is 69.0 cm³/mol. The van der Waals surface area contributed by atoms with Crippen molar-refractivity contribution in [2.75, 3.05) is 11.9 Å². The molecule has 13 heavy (non-hydrogen) atoms. The second kappa shape index (κ2) is 5.19. The number of benzene rings is 1. The van der Waals surface area contributed by atoms with Crippen molar-refractivity contribution < 1.29 is 0 Å². The van der Waals surface area contributed by atoms with Crippen LogP contribution < -0.4 is 5.30 Å². The molecular formula is C10H15PS2. The van der Waals surface area contributed by atoms with Gasteiger partial charge in [-0.3, -0.25) is 0 Å². The van der Waals surface area contributed by atoms with Crippen molar-refractivity contribution >= 4 is 33.7 Å². The van der Waals surface area contributed by atoms with E-state index in [2.05, 4.69) is 44.2 Å². The fourth-order valence-electron chi connectivity index (χ4n) is 1.21. The lowest BCUT2D eigenvalue weighted by Crippen LogP contribution is -2.02. The molecule has 1 aromatic rings. The molecule has 1 unspecified atom stereocenters. The van der Waals surface area contributed by atoms with Crippen molar-refractivity contribution in [1.29, 1.82) is 0 Å². The third-order valence-corrected chi connectivity index (χ3v) is 10.3. The van der Waals surface area contributed by atoms with Crippen LogP contribution in [0.4, 0.5) is 0 Å². The monoisotopic (exact) mass is 230 g/mol. The van der Waals surface area contributed by atoms with Gasteiger partial charge in [-0.25, -0.2) is 0 Å². The van der Waals surface area contributed by atoms with Crippen molar-refractivity contribution in [1.82, 2.24) is 0 Å². The van der Waals surface area contributed by atoms with E-state index < -0.39 is 5.24 Å². The molecule has 0 heterocycles. The summed E-state index contributed by atoms with van der Waals surface area (Å²) in [5, 5.41) is 0.0718. The molecule has 1 atom stereocenters. The van der Waals surface area contributed by atoms with Gasteiger partial charge in [-0.1, -0.05) is 56.0 Å². The maximum atomic E-state index is 5.74. The average Bonchev–Trinajstić information content (AvgIpc) is 2.19. The zero-order valence-corrected chi connectivity index (χ0v) is 10.6. The minimum Gasteiger partial charge on any atom is -0.120 e. The molecule has 0 spiro atoms. The molecule has 0 fully saturated rings. The van der Waals surface area contributed by atoms with Gasteiger partial charge in [0.25, 0.3) is 0 Å². The van der Waals surface area contributed by atoms with E-state index in [1.807, 2.05) is 11.4 Å². The summed E-state index contributed by atoms with van der Waals surface area (Å²) in [5.74, 6) is 1.13. The SMILES string of the molecule is CCSP(=S)(CC)c1ccccc1. The van der Waals surface area contributed by atoms with Crippen LogP contribution in [0, 0.1) is 0 Å². The Hall–Kier alpha value is 0.220. The fourth-order valence-corrected chi connectivity index (χ4v) is 6.88. The van der Waals surface area contributed by atoms with Crippen LogP contribution in [-0.2, 0) is 11.8 Å². The highest BCUT2D eigenvalue weighted by atomic mass is 32.9. The Bertz CT molecular complexity index is 295. The van der Waals surface area contributed by atoms with E-state index >= 15 is 0 Å². The highest BCUT2D eigenvalue weighted by Crippen LogP contribution is 2.57. The van der Waals surface area contributed by atoms with Gasteiger partial charge in [0.05, 0.1) is 0 Å². The molecular weight excluding hydrogens is 215 g/mol. The van der Waals surface area contributed by atoms with Gasteiger partial charge < -0.3 is 0 Å². The Labute approximate surface area is 89.9 Å². The summed E-state index contributed by atoms with van der Waals surface area (Å²) in [7, 11) is 0. The Morgan fingerprint density at radius 3 is 2.31 bits per heavy atom. The third kappa shape index (κ3) is 2.83. The second-order valence-electron chi connectivity index (χ2n) is 2.74. The first kappa shape index (κ1) is 11.3. The molecule has 0 bridgehead atoms. The van der Waals surface area contributed by atoms with Gasteiger partial charge in [0, 0.05) is 5.24 Å². The van der Waals surface area contributed by atoms with Gasteiger partial charge in [-0.15, -0.1) is 11.4 Å². The maximum absolute atomic E-state index is 5.74. The fraction of sp³-hybridized carbons (Fsp3) is 0.400. The lowest BCUT2D eigenvalue weighted by molar-refractivity contribution is 1.51. The summed E-state index contributed by atoms with van der Waals surface area (Å²) in [6, 6.07) is 10.6. The molecule has 0 saturated carbocycles. The Morgan fingerprint density at radius 2 is 1.85 bits per heavy atom. The van der Waals surface area contributed by atoms with Gasteiger partial charge in [0.1, 0.15) is 0 Å². The number of hydrogen-bond acceptors (Lipinski definition) is 2. The molecule has 1 aromatic carbocycles. The van der Waals surface area contributed by atoms with Crippen LogP contribution in [0.2, 0.25) is 0 Å². The van der Waals surface area contributed by atoms with Crippen LogP contribution in [0.15, 0.2) is 30.3 Å². The van der Waals surface area contributed by atoms with Crippen LogP contribution in [0.3, 0.4) is 0 Å². The van der Waals surface area contributed by atoms with E-state index in [9.17, 15) is 0 Å². The van der Waals surface area contributed by atoms with Gasteiger partial charge >= 0.3 is 0 Å². The molecule has 0 N–H and O–H groups in total. The van der Waals surface area contributed by atoms with E-state index in [4.69, 9.17) is 11.8 Å². The van der Waals surface area contributed by atoms with E-state index in [1.165, 1.54) is 5.30 Å². The Kier molecular flexibility index (Phi) is 4.51. The highest BCUT2D eigenvalue weighted by molar-refractivity contribution is 8.73. The number of rotatable bonds is 4. The van der Waals surface area contributed by atoms with Gasteiger partial charge in [0.2, 0.25) is 0 Å². The lowest BCUT2D eigenvalue weighted by Gasteiger charge is -2.18. The van der Waals surface area contributed by atoms with Crippen molar-refractivity contribution in [2.45, 2.75) is 13.8 Å². The van der Waals surface area contributed by atoms with Crippen molar-refractivity contribution in [3.63, 3.8) is 0 Å². The highest BCUT2D eigenvalue weighted by Gasteiger charge is 2.15. The Morgan fingerprint density at radius 1 is 1.23 bits per heavy atom. The third-order valence-electron chi connectivity index (χ3n) is 1.90. The van der Waals surface area contributed by atoms with Crippen LogP contribution in [0.25, 0.3) is 0 Å². The zero-order valence-electron chi connectivity index (χ0n) is 8.06. The second-order valence-corrected chi connectivity index (χ2v) is 11.3. The topological polar surface area (TPSA) is 0 Å². The normalized spacial score (nSPS) is 15.2. The first-order chi connectivity index (χ1) is 6.23. The molecule has 0 aliphatic rings. The van der Waals surface area contributed by atoms with Crippen molar-refractivity contribution in [3.05, 3.63) is 30.3 Å². The first-order valence-corrected chi connectivity index (χ1v) is 9.10. The molecule has 0 aliphatic heterocycles. The largest absolute Gasteiger partial charge is 0.120 e. The summed E-state index contributed by atoms with van der Waals surface area (Å²) in [4.78, 5) is 0. The molecule has 0 aromatic heterocycles. The standard InChI is InChI=1S/C10H15PS2/c1-3-11(12,13-4-2)10-8-6-5-7-9-10/h5-9H,3-4H2,1-2H3. The van der Waals surface area contributed by atoms with Crippen molar-refractivity contribution in [3.8, 4) is 0 Å². The molecule has 0 radical (unpaired) electrons. The van der Waals surface area contributed by atoms with Crippen LogP contribution in [-0.4, -0.2) is 11.9 Å². The number of hydrogen-bond donors (Lipinski definition) is 0. The molecule has 3 heteroatoms. The smallest absolute Gasteiger partial charge is 0.0335 e. The minimum atomic E-state index is -1.30. The zero-order chi connectivity index (χ0) is 9.73. The van der Waals surface area contributed by atoms with Gasteiger partial charge in [-0.05, 0) is 17.2 Å². The molecule has 0 nitrogen and oxygen atoms in total. The molecule has 72 valence electrons. The summed E-state index contributed by atoms with van der Waals surface area (Å²) < 4.78 is 0. The van der Waals surface area contributed by atoms with Crippen molar-refractivity contribution in [2.24, 2.45) is 0 Å². The van der Waals surface area contributed by atoms with E-state index in [1.54, 1.807) is 0 Å². The van der Waals surface area contributed by atoms with E-state index in [0.717, 1.165) is 11.9 Å². The summed E-state index contributed by atoms with van der Waals surface area (Å²) in [5.41, 5.74) is 0. The average molecular weight is 230 g/mol. The van der Waals surface area contributed by atoms with Gasteiger partial charge in [-0.2, -0.15) is 0 Å². The first-order valence-electron chi connectivity index (χ1n) is 4.52. The summed E-state index contributed by atoms with van der Waals surface area (Å²) in [6.07, 6.45) is 1.12. The maximum Gasteiger partial charge on any atom is 0.0335 e. The quantitative estimate of drug-likeness (QED) is 0.726. The molecule has 0 amide bonds. The van der Waals surface area contributed by atoms with Crippen LogP contribution in [0.1, 0.15) is 13.8 Å². The van der Waals surface area contributed by atoms with E-state index in [0.29, 0.717) is 0 Å². The van der Waals surface area contributed by atoms with Crippen LogP contribution in [0.5, 0.6) is 0 Å². The predicted octanol–water partition coefficient (Wildman–Crippen LogP) is 3.48. The minimum absolute atomic E-state index is 1.12. The summed E-state index contributed by atoms with van der Waals surface area (Å²) >= 11 is 7.70. The molecule has 1 rings (SSSR count). The van der Waals surface area contributed by atoms with Gasteiger partial charge in [0.15, 0.2) is 0 Å². The summed E-state index contributed by atoms with van der Waals surface area (Å²) in [6.45, 7) is 4.39. The molecule has 0 saturated heterocycles. The van der Waals surface area contributed by atoms with Crippen LogP contribution >= 0.6 is 16.6 Å².